The van der Waals surface area contributed by atoms with Crippen LogP contribution in [0.15, 0.2) is 45.8 Å². The van der Waals surface area contributed by atoms with Gasteiger partial charge in [-0.2, -0.15) is 8.42 Å². The highest BCUT2D eigenvalue weighted by Crippen LogP contribution is 2.38. The lowest BCUT2D eigenvalue weighted by atomic mass is 10.1. The lowest BCUT2D eigenvalue weighted by Crippen LogP contribution is -2.39. The quantitative estimate of drug-likeness (QED) is 0.175. The fraction of sp³-hybridized carbons (Fsp3) is 0.200. The molecule has 0 saturated heterocycles. The van der Waals surface area contributed by atoms with E-state index < -0.39 is 53.8 Å². The molecular weight excluding hydrogens is 549 g/mol. The first-order chi connectivity index (χ1) is 13.8. The highest BCUT2D eigenvalue weighted by molar-refractivity contribution is 9.11. The standard InChI is InChI=1S/C15H12BrCl2N3O7S2/c16-9-3-4-15(18,12(17)5-9)28-30(26,27)10-2-1-8(11(6-10)21(24)25)7-20(13(19)29)14(22)23/h1-6,12H,7H2,(H2,19,29)(H,22,23). The molecule has 0 aromatic heterocycles. The average Bonchev–Trinajstić information content (AvgIpc) is 2.62. The Labute approximate surface area is 194 Å². The lowest BCUT2D eigenvalue weighted by Gasteiger charge is -2.28. The monoisotopic (exact) mass is 559 g/mol. The summed E-state index contributed by atoms with van der Waals surface area (Å²) in [6, 6.07) is 2.76. The summed E-state index contributed by atoms with van der Waals surface area (Å²) in [6.45, 7) is -0.563. The fourth-order valence-corrected chi connectivity index (χ4v) is 4.75. The molecule has 2 atom stereocenters. The number of alkyl halides is 2. The zero-order chi connectivity index (χ0) is 22.9. The Morgan fingerprint density at radius 1 is 1.50 bits per heavy atom. The van der Waals surface area contributed by atoms with E-state index in [4.69, 9.17) is 38.2 Å². The molecule has 15 heteroatoms. The van der Waals surface area contributed by atoms with Gasteiger partial charge in [0.1, 0.15) is 10.3 Å². The number of nitro groups is 1. The van der Waals surface area contributed by atoms with Gasteiger partial charge in [0, 0.05) is 16.1 Å². The van der Waals surface area contributed by atoms with Gasteiger partial charge in [-0.15, -0.1) is 11.6 Å². The Bertz CT molecular complexity index is 1070. The minimum absolute atomic E-state index is 0.144. The molecule has 0 fully saturated rings. The van der Waals surface area contributed by atoms with Crippen molar-refractivity contribution in [2.24, 2.45) is 5.73 Å². The number of carbonyl (C=O) groups is 1. The Kier molecular flexibility index (Phi) is 7.48. The molecule has 2 rings (SSSR count). The van der Waals surface area contributed by atoms with Crippen molar-refractivity contribution in [3.05, 3.63) is 56.6 Å². The van der Waals surface area contributed by atoms with Gasteiger partial charge < -0.3 is 10.8 Å². The van der Waals surface area contributed by atoms with Crippen LogP contribution in [0.2, 0.25) is 0 Å². The van der Waals surface area contributed by atoms with E-state index in [9.17, 15) is 23.3 Å². The van der Waals surface area contributed by atoms with Crippen molar-refractivity contribution in [3.63, 3.8) is 0 Å². The number of benzene rings is 1. The summed E-state index contributed by atoms with van der Waals surface area (Å²) in [5, 5.41) is 17.0. The van der Waals surface area contributed by atoms with Crippen molar-refractivity contribution in [1.82, 2.24) is 4.90 Å². The second-order valence-corrected chi connectivity index (χ2v) is 9.72. The molecule has 2 unspecified atom stereocenters. The van der Waals surface area contributed by atoms with Gasteiger partial charge in [-0.1, -0.05) is 27.5 Å². The third kappa shape index (κ3) is 5.47. The van der Waals surface area contributed by atoms with Crippen LogP contribution in [0.3, 0.4) is 0 Å². The summed E-state index contributed by atoms with van der Waals surface area (Å²) >= 11 is 20.0. The van der Waals surface area contributed by atoms with Crippen molar-refractivity contribution in [2.75, 3.05) is 0 Å². The molecule has 1 aromatic rings. The molecule has 0 aliphatic heterocycles. The van der Waals surface area contributed by atoms with E-state index in [1.54, 1.807) is 0 Å². The maximum absolute atomic E-state index is 12.7. The van der Waals surface area contributed by atoms with Crippen molar-refractivity contribution in [2.45, 2.75) is 21.9 Å². The first kappa shape index (κ1) is 24.5. The number of hydrogen-bond donors (Lipinski definition) is 2. The Hall–Kier alpha value is -1.77. The van der Waals surface area contributed by atoms with Crippen LogP contribution in [0.4, 0.5) is 10.5 Å². The molecule has 30 heavy (non-hydrogen) atoms. The van der Waals surface area contributed by atoms with Gasteiger partial charge in [-0.25, -0.2) is 13.9 Å². The first-order valence-electron chi connectivity index (χ1n) is 7.69. The summed E-state index contributed by atoms with van der Waals surface area (Å²) in [7, 11) is -4.60. The van der Waals surface area contributed by atoms with E-state index in [1.165, 1.54) is 18.2 Å². The zero-order valence-corrected chi connectivity index (χ0v) is 19.3. The van der Waals surface area contributed by atoms with Crippen molar-refractivity contribution >= 4 is 78.4 Å². The van der Waals surface area contributed by atoms with Gasteiger partial charge in [0.2, 0.25) is 0 Å². The number of nitrogens with two attached hydrogens (primary N) is 1. The molecule has 0 saturated carbocycles. The highest BCUT2D eigenvalue weighted by Gasteiger charge is 2.41. The predicted molar refractivity (Wildman–Crippen MR) is 116 cm³/mol. The van der Waals surface area contributed by atoms with Crippen molar-refractivity contribution in [3.8, 4) is 0 Å². The molecule has 10 nitrogen and oxygen atoms in total. The minimum atomic E-state index is -4.60. The molecule has 1 aliphatic carbocycles. The largest absolute Gasteiger partial charge is 0.465 e. The van der Waals surface area contributed by atoms with E-state index in [1.807, 2.05) is 0 Å². The summed E-state index contributed by atoms with van der Waals surface area (Å²) in [6.07, 6.45) is 2.52. The average molecular weight is 561 g/mol. The van der Waals surface area contributed by atoms with E-state index in [0.29, 0.717) is 15.4 Å². The summed E-state index contributed by atoms with van der Waals surface area (Å²) in [4.78, 5) is 21.7. The molecule has 0 radical (unpaired) electrons. The zero-order valence-electron chi connectivity index (χ0n) is 14.6. The fourth-order valence-electron chi connectivity index (χ4n) is 2.30. The number of carboxylic acid groups (broad SMARTS) is 1. The van der Waals surface area contributed by atoms with Crippen LogP contribution in [0.25, 0.3) is 0 Å². The number of hydrogen-bond acceptors (Lipinski definition) is 7. The third-order valence-electron chi connectivity index (χ3n) is 3.76. The summed E-state index contributed by atoms with van der Waals surface area (Å²) in [5.74, 6) is 0. The van der Waals surface area contributed by atoms with Crippen LogP contribution in [0, 0.1) is 10.1 Å². The Morgan fingerprint density at radius 3 is 2.63 bits per heavy atom. The molecular formula is C15H12BrCl2N3O7S2. The van der Waals surface area contributed by atoms with E-state index in [-0.39, 0.29) is 5.56 Å². The molecule has 162 valence electrons. The van der Waals surface area contributed by atoms with Crippen LogP contribution in [0.5, 0.6) is 0 Å². The maximum Gasteiger partial charge on any atom is 0.413 e. The number of rotatable bonds is 6. The molecule has 3 N–H and O–H groups in total. The third-order valence-corrected chi connectivity index (χ3v) is 6.92. The van der Waals surface area contributed by atoms with Gasteiger partial charge in [0.15, 0.2) is 10.2 Å². The molecule has 0 heterocycles. The molecule has 0 spiro atoms. The van der Waals surface area contributed by atoms with E-state index >= 15 is 0 Å². The molecule has 1 aliphatic rings. The molecule has 1 aromatic carbocycles. The lowest BCUT2D eigenvalue weighted by molar-refractivity contribution is -0.385. The van der Waals surface area contributed by atoms with Crippen LogP contribution in [0.1, 0.15) is 5.56 Å². The second-order valence-electron chi connectivity index (χ2n) is 5.78. The first-order valence-corrected chi connectivity index (χ1v) is 11.1. The van der Waals surface area contributed by atoms with E-state index in [2.05, 4.69) is 28.1 Å². The molecule has 1 amide bonds. The number of nitrogens with zero attached hydrogens (tertiary/aromatic N) is 2. The van der Waals surface area contributed by atoms with Crippen LogP contribution < -0.4 is 5.73 Å². The summed E-state index contributed by atoms with van der Waals surface area (Å²) in [5.41, 5.74) is 4.47. The van der Waals surface area contributed by atoms with Crippen LogP contribution in [-0.2, 0) is 20.8 Å². The Balaban J connectivity index is 2.42. The van der Waals surface area contributed by atoms with Crippen LogP contribution >= 0.6 is 51.3 Å². The minimum Gasteiger partial charge on any atom is -0.465 e. The normalized spacial score (nSPS) is 21.0. The highest BCUT2D eigenvalue weighted by atomic mass is 79.9. The van der Waals surface area contributed by atoms with Gasteiger partial charge in [-0.3, -0.25) is 10.1 Å². The number of nitro benzene ring substituents is 1. The van der Waals surface area contributed by atoms with Crippen LogP contribution in [-0.4, -0.2) is 45.0 Å². The summed E-state index contributed by atoms with van der Waals surface area (Å²) < 4.78 is 30.9. The van der Waals surface area contributed by atoms with Crippen molar-refractivity contribution < 1.29 is 27.4 Å². The SMILES string of the molecule is NC(=S)N(Cc1ccc(S(=O)(=O)OC2(Cl)C=CC(Br)=CC2Cl)cc1[N+](=O)[O-])C(=O)O. The molecule has 0 bridgehead atoms. The topological polar surface area (TPSA) is 153 Å². The van der Waals surface area contributed by atoms with Crippen molar-refractivity contribution in [1.29, 1.82) is 0 Å². The number of amides is 1. The number of halogens is 3. The number of allylic oxidation sites excluding steroid dienone is 2. The van der Waals surface area contributed by atoms with E-state index in [0.717, 1.165) is 12.1 Å². The number of thiocarbonyl (C=S) groups is 1. The van der Waals surface area contributed by atoms with Gasteiger partial charge >= 0.3 is 6.09 Å². The maximum atomic E-state index is 12.7. The van der Waals surface area contributed by atoms with Gasteiger partial charge in [0.25, 0.3) is 15.8 Å². The van der Waals surface area contributed by atoms with Gasteiger partial charge in [0.05, 0.1) is 11.5 Å². The second kappa shape index (κ2) is 9.16. The Morgan fingerprint density at radius 2 is 2.13 bits per heavy atom. The predicted octanol–water partition coefficient (Wildman–Crippen LogP) is 3.41. The van der Waals surface area contributed by atoms with Gasteiger partial charge in [-0.05, 0) is 42.6 Å². The smallest absolute Gasteiger partial charge is 0.413 e.